The van der Waals surface area contributed by atoms with Gasteiger partial charge >= 0.3 is 6.09 Å². The van der Waals surface area contributed by atoms with Crippen molar-refractivity contribution < 1.29 is 9.63 Å². The number of para-hydroxylation sites is 2. The lowest BCUT2D eigenvalue weighted by atomic mass is 10.2. The molecule has 1 amide bonds. The highest BCUT2D eigenvalue weighted by molar-refractivity contribution is 5.84. The molecule has 120 valence electrons. The third-order valence-electron chi connectivity index (χ3n) is 3.98. The average molecular weight is 320 g/mol. The molecular weight excluding hydrogens is 304 g/mol. The zero-order chi connectivity index (χ0) is 16.4. The van der Waals surface area contributed by atoms with Crippen LogP contribution in [0.15, 0.2) is 59.8 Å². The number of nitrogens with one attached hydrogen (secondary N) is 1. The number of amides is 1. The number of hydrogen-bond acceptors (Lipinski definition) is 4. The van der Waals surface area contributed by atoms with Gasteiger partial charge in [-0.3, -0.25) is 10.2 Å². The van der Waals surface area contributed by atoms with Crippen molar-refractivity contribution in [1.82, 2.24) is 9.55 Å². The van der Waals surface area contributed by atoms with E-state index in [1.165, 1.54) is 0 Å². The SMILES string of the molecule is O=C(Nc1ccccc1)O/N=c1/c2ccccc2nc2n1CCC2. The Morgan fingerprint density at radius 3 is 2.79 bits per heavy atom. The molecule has 0 unspecified atom stereocenters. The Balaban J connectivity index is 1.68. The number of fused-ring (bicyclic) bond motifs is 2. The lowest BCUT2D eigenvalue weighted by Gasteiger charge is -2.07. The average Bonchev–Trinajstić information content (AvgIpc) is 3.07. The van der Waals surface area contributed by atoms with Gasteiger partial charge in [0.05, 0.1) is 5.52 Å². The molecule has 3 aromatic rings. The van der Waals surface area contributed by atoms with Crippen molar-refractivity contribution in [3.63, 3.8) is 0 Å². The second-order valence-electron chi connectivity index (χ2n) is 5.59. The maximum Gasteiger partial charge on any atom is 0.437 e. The van der Waals surface area contributed by atoms with Crippen molar-refractivity contribution in [3.05, 3.63) is 65.9 Å². The summed E-state index contributed by atoms with van der Waals surface area (Å²) in [6, 6.07) is 16.9. The topological polar surface area (TPSA) is 68.5 Å². The molecule has 1 aliphatic heterocycles. The lowest BCUT2D eigenvalue weighted by molar-refractivity contribution is 0.160. The molecule has 0 spiro atoms. The van der Waals surface area contributed by atoms with E-state index >= 15 is 0 Å². The van der Waals surface area contributed by atoms with Crippen LogP contribution in [0.25, 0.3) is 10.9 Å². The van der Waals surface area contributed by atoms with Crippen LogP contribution in [0.1, 0.15) is 12.2 Å². The fourth-order valence-corrected chi connectivity index (χ4v) is 2.89. The summed E-state index contributed by atoms with van der Waals surface area (Å²) in [5, 5.41) is 7.63. The van der Waals surface area contributed by atoms with Crippen LogP contribution in [-0.2, 0) is 17.8 Å². The van der Waals surface area contributed by atoms with Gasteiger partial charge in [-0.05, 0) is 30.7 Å². The number of anilines is 1. The molecule has 24 heavy (non-hydrogen) atoms. The molecule has 6 heteroatoms. The van der Waals surface area contributed by atoms with Crippen molar-refractivity contribution in [2.75, 3.05) is 5.32 Å². The van der Waals surface area contributed by atoms with Gasteiger partial charge in [-0.2, -0.15) is 0 Å². The van der Waals surface area contributed by atoms with E-state index in [9.17, 15) is 4.79 Å². The molecule has 2 aromatic carbocycles. The quantitative estimate of drug-likeness (QED) is 0.583. The highest BCUT2D eigenvalue weighted by Crippen LogP contribution is 2.14. The van der Waals surface area contributed by atoms with E-state index in [1.807, 2.05) is 47.0 Å². The molecule has 0 saturated heterocycles. The van der Waals surface area contributed by atoms with Crippen molar-refractivity contribution >= 4 is 22.7 Å². The Labute approximate surface area is 138 Å². The van der Waals surface area contributed by atoms with Crippen molar-refractivity contribution in [2.45, 2.75) is 19.4 Å². The molecule has 0 atom stereocenters. The summed E-state index contributed by atoms with van der Waals surface area (Å²) >= 11 is 0. The summed E-state index contributed by atoms with van der Waals surface area (Å²) in [5.41, 5.74) is 2.16. The van der Waals surface area contributed by atoms with Crippen LogP contribution in [0.5, 0.6) is 0 Å². The van der Waals surface area contributed by atoms with Crippen LogP contribution in [0.2, 0.25) is 0 Å². The Kier molecular flexibility index (Phi) is 3.70. The van der Waals surface area contributed by atoms with Gasteiger partial charge in [-0.15, -0.1) is 0 Å². The molecule has 2 heterocycles. The maximum absolute atomic E-state index is 12.0. The Morgan fingerprint density at radius 1 is 1.12 bits per heavy atom. The Morgan fingerprint density at radius 2 is 1.92 bits per heavy atom. The molecular formula is C18H16N4O2. The van der Waals surface area contributed by atoms with Crippen LogP contribution in [-0.4, -0.2) is 15.6 Å². The molecule has 0 aliphatic carbocycles. The predicted molar refractivity (Wildman–Crippen MR) is 90.2 cm³/mol. The minimum absolute atomic E-state index is 0.616. The summed E-state index contributed by atoms with van der Waals surface area (Å²) in [6.45, 7) is 0.829. The number of nitrogens with zero attached hydrogens (tertiary/aromatic N) is 3. The third kappa shape index (κ3) is 2.74. The normalized spacial score (nSPS) is 13.8. The van der Waals surface area contributed by atoms with E-state index in [1.54, 1.807) is 12.1 Å². The summed E-state index contributed by atoms with van der Waals surface area (Å²) < 4.78 is 2.01. The second kappa shape index (κ2) is 6.16. The van der Waals surface area contributed by atoms with Crippen LogP contribution in [0.4, 0.5) is 10.5 Å². The number of benzene rings is 2. The first-order valence-corrected chi connectivity index (χ1v) is 7.87. The highest BCUT2D eigenvalue weighted by Gasteiger charge is 2.15. The van der Waals surface area contributed by atoms with Crippen molar-refractivity contribution in [1.29, 1.82) is 0 Å². The number of aromatic nitrogens is 2. The van der Waals surface area contributed by atoms with Gasteiger partial charge in [0.1, 0.15) is 5.82 Å². The van der Waals surface area contributed by atoms with Crippen molar-refractivity contribution in [3.8, 4) is 0 Å². The highest BCUT2D eigenvalue weighted by atomic mass is 16.7. The standard InChI is InChI=1S/C18H16N4O2/c23-18(19-13-7-2-1-3-8-13)24-21-17-14-9-4-5-10-15(14)20-16-11-6-12-22(16)17/h1-5,7-10H,6,11-12H2,(H,19,23)/b21-17-. The molecule has 1 aromatic heterocycles. The van der Waals surface area contributed by atoms with Gasteiger partial charge in [0, 0.05) is 24.0 Å². The van der Waals surface area contributed by atoms with Gasteiger partial charge in [0.15, 0.2) is 5.49 Å². The number of carbonyl (C=O) groups is 1. The van der Waals surface area contributed by atoms with E-state index in [-0.39, 0.29) is 0 Å². The first kappa shape index (κ1) is 14.4. The summed E-state index contributed by atoms with van der Waals surface area (Å²) in [6.07, 6.45) is 1.31. The molecule has 0 bridgehead atoms. The van der Waals surface area contributed by atoms with E-state index in [4.69, 9.17) is 4.84 Å². The van der Waals surface area contributed by atoms with Gasteiger partial charge in [0.2, 0.25) is 0 Å². The number of hydrogen-bond donors (Lipinski definition) is 1. The van der Waals surface area contributed by atoms with E-state index < -0.39 is 6.09 Å². The first-order valence-electron chi connectivity index (χ1n) is 7.87. The van der Waals surface area contributed by atoms with Gasteiger partial charge in [-0.1, -0.05) is 35.5 Å². The number of carbonyl (C=O) groups excluding carboxylic acids is 1. The molecule has 4 rings (SSSR count). The molecule has 1 N–H and O–H groups in total. The largest absolute Gasteiger partial charge is 0.437 e. The predicted octanol–water partition coefficient (Wildman–Crippen LogP) is 3.05. The van der Waals surface area contributed by atoms with Crippen molar-refractivity contribution in [2.24, 2.45) is 5.16 Å². The first-order chi connectivity index (χ1) is 11.8. The van der Waals surface area contributed by atoms with Crippen LogP contribution < -0.4 is 10.8 Å². The monoisotopic (exact) mass is 320 g/mol. The van der Waals surface area contributed by atoms with Crippen LogP contribution in [0, 0.1) is 0 Å². The van der Waals surface area contributed by atoms with Gasteiger partial charge in [-0.25, -0.2) is 9.78 Å². The second-order valence-corrected chi connectivity index (χ2v) is 5.59. The summed E-state index contributed by atoms with van der Waals surface area (Å²) in [5.74, 6) is 0.972. The van der Waals surface area contributed by atoms with Gasteiger partial charge in [0.25, 0.3) is 0 Å². The van der Waals surface area contributed by atoms with Crippen LogP contribution >= 0.6 is 0 Å². The van der Waals surface area contributed by atoms with E-state index in [2.05, 4.69) is 15.5 Å². The Bertz CT molecular complexity index is 964. The lowest BCUT2D eigenvalue weighted by Crippen LogP contribution is -2.24. The van der Waals surface area contributed by atoms with E-state index in [0.717, 1.165) is 36.1 Å². The molecule has 0 fully saturated rings. The fraction of sp³-hybridized carbons (Fsp3) is 0.167. The third-order valence-corrected chi connectivity index (χ3v) is 3.98. The van der Waals surface area contributed by atoms with Gasteiger partial charge < -0.3 is 4.57 Å². The van der Waals surface area contributed by atoms with E-state index in [0.29, 0.717) is 11.2 Å². The minimum atomic E-state index is -0.616. The zero-order valence-electron chi connectivity index (χ0n) is 13.0. The molecule has 0 radical (unpaired) electrons. The summed E-state index contributed by atoms with van der Waals surface area (Å²) in [7, 11) is 0. The molecule has 6 nitrogen and oxygen atoms in total. The smallest absolute Gasteiger partial charge is 0.311 e. The zero-order valence-corrected chi connectivity index (χ0v) is 13.0. The molecule has 0 saturated carbocycles. The maximum atomic E-state index is 12.0. The summed E-state index contributed by atoms with van der Waals surface area (Å²) in [4.78, 5) is 21.7. The molecule has 1 aliphatic rings. The number of aryl methyl sites for hydroxylation is 1. The minimum Gasteiger partial charge on any atom is -0.311 e. The van der Waals surface area contributed by atoms with Crippen LogP contribution in [0.3, 0.4) is 0 Å². The number of rotatable bonds is 2. The fourth-order valence-electron chi connectivity index (χ4n) is 2.89. The Hall–Kier alpha value is -3.15.